The number of anilines is 1. The van der Waals surface area contributed by atoms with Crippen molar-refractivity contribution in [3.8, 4) is 0 Å². The summed E-state index contributed by atoms with van der Waals surface area (Å²) in [5.74, 6) is 1.83. The van der Waals surface area contributed by atoms with Crippen LogP contribution >= 0.6 is 11.3 Å². The van der Waals surface area contributed by atoms with Crippen molar-refractivity contribution in [3.63, 3.8) is 0 Å². The summed E-state index contributed by atoms with van der Waals surface area (Å²) in [5, 5.41) is 4.36. The summed E-state index contributed by atoms with van der Waals surface area (Å²) in [4.78, 5) is 13.9. The molecular weight excluding hydrogens is 244 g/mol. The Kier molecular flexibility index (Phi) is 3.82. The Labute approximate surface area is 112 Å². The molecule has 0 fully saturated rings. The molecule has 0 aliphatic rings. The smallest absolute Gasteiger partial charge is 0.146 e. The molecule has 1 N–H and O–H groups in total. The van der Waals surface area contributed by atoms with Gasteiger partial charge >= 0.3 is 0 Å². The molecule has 0 aliphatic carbocycles. The van der Waals surface area contributed by atoms with E-state index in [2.05, 4.69) is 48.0 Å². The summed E-state index contributed by atoms with van der Waals surface area (Å²) >= 11 is 1.75. The van der Waals surface area contributed by atoms with Gasteiger partial charge in [0.15, 0.2) is 0 Å². The molecule has 0 unspecified atom stereocenters. The van der Waals surface area contributed by atoms with Crippen LogP contribution in [0.1, 0.15) is 23.2 Å². The van der Waals surface area contributed by atoms with Crippen molar-refractivity contribution < 1.29 is 0 Å². The summed E-state index contributed by atoms with van der Waals surface area (Å²) in [7, 11) is 4.00. The first-order valence-corrected chi connectivity index (χ1v) is 7.01. The number of aryl methyl sites for hydroxylation is 2. The van der Waals surface area contributed by atoms with Crippen LogP contribution in [0.25, 0.3) is 10.2 Å². The van der Waals surface area contributed by atoms with E-state index in [4.69, 9.17) is 0 Å². The van der Waals surface area contributed by atoms with E-state index >= 15 is 0 Å². The normalized spacial score (nSPS) is 11.4. The number of nitrogens with one attached hydrogen (secondary N) is 1. The lowest BCUT2D eigenvalue weighted by Crippen LogP contribution is -2.18. The minimum Gasteiger partial charge on any atom is -0.372 e. The fraction of sp³-hybridized carbons (Fsp3) is 0.538. The molecule has 0 radical (unpaired) electrons. The van der Waals surface area contributed by atoms with E-state index in [9.17, 15) is 0 Å². The Bertz CT molecular complexity index is 562. The van der Waals surface area contributed by atoms with E-state index in [1.165, 1.54) is 15.8 Å². The second-order valence-electron chi connectivity index (χ2n) is 4.53. The van der Waals surface area contributed by atoms with E-state index in [1.807, 2.05) is 7.05 Å². The Hall–Kier alpha value is -1.20. The molecule has 2 aromatic rings. The molecule has 0 saturated carbocycles. The average molecular weight is 264 g/mol. The van der Waals surface area contributed by atoms with Gasteiger partial charge in [0.1, 0.15) is 16.5 Å². The summed E-state index contributed by atoms with van der Waals surface area (Å²) < 4.78 is 0. The summed E-state index contributed by atoms with van der Waals surface area (Å²) in [6.45, 7) is 8.20. The SMILES string of the molecule is CCN(C)Cc1nc(NC)c2c(C)c(C)sc2n1. The molecule has 4 nitrogen and oxygen atoms in total. The lowest BCUT2D eigenvalue weighted by atomic mass is 10.2. The Balaban J connectivity index is 2.53. The third-order valence-corrected chi connectivity index (χ3v) is 4.36. The number of nitrogens with zero attached hydrogens (tertiary/aromatic N) is 3. The average Bonchev–Trinajstić information content (AvgIpc) is 2.64. The molecule has 0 atom stereocenters. The molecule has 2 heterocycles. The van der Waals surface area contributed by atoms with Gasteiger partial charge in [-0.25, -0.2) is 9.97 Å². The molecule has 0 aliphatic heterocycles. The fourth-order valence-corrected chi connectivity index (χ4v) is 2.95. The molecular formula is C13H20N4S. The monoisotopic (exact) mass is 264 g/mol. The van der Waals surface area contributed by atoms with Gasteiger partial charge in [0.2, 0.25) is 0 Å². The fourth-order valence-electron chi connectivity index (χ4n) is 1.90. The highest BCUT2D eigenvalue weighted by Gasteiger charge is 2.14. The zero-order chi connectivity index (χ0) is 13.3. The quantitative estimate of drug-likeness (QED) is 0.922. The molecule has 18 heavy (non-hydrogen) atoms. The van der Waals surface area contributed by atoms with Gasteiger partial charge in [0.25, 0.3) is 0 Å². The Morgan fingerprint density at radius 1 is 1.28 bits per heavy atom. The molecule has 0 spiro atoms. The first-order chi connectivity index (χ1) is 8.56. The predicted octanol–water partition coefficient (Wildman–Crippen LogP) is 2.80. The van der Waals surface area contributed by atoms with E-state index in [0.717, 1.165) is 29.6 Å². The van der Waals surface area contributed by atoms with Gasteiger partial charge in [0, 0.05) is 11.9 Å². The third-order valence-electron chi connectivity index (χ3n) is 3.26. The number of thiophene rings is 1. The van der Waals surface area contributed by atoms with Crippen LogP contribution in [0.3, 0.4) is 0 Å². The largest absolute Gasteiger partial charge is 0.372 e. The number of rotatable bonds is 4. The molecule has 2 rings (SSSR count). The van der Waals surface area contributed by atoms with Crippen LogP contribution in [-0.2, 0) is 6.54 Å². The van der Waals surface area contributed by atoms with Crippen LogP contribution in [0.4, 0.5) is 5.82 Å². The molecule has 5 heteroatoms. The van der Waals surface area contributed by atoms with E-state index in [1.54, 1.807) is 11.3 Å². The van der Waals surface area contributed by atoms with Crippen molar-refractivity contribution in [2.75, 3.05) is 26.0 Å². The number of aromatic nitrogens is 2. The van der Waals surface area contributed by atoms with Gasteiger partial charge in [-0.15, -0.1) is 11.3 Å². The van der Waals surface area contributed by atoms with E-state index < -0.39 is 0 Å². The van der Waals surface area contributed by atoms with Crippen LogP contribution in [-0.4, -0.2) is 35.5 Å². The maximum absolute atomic E-state index is 4.68. The van der Waals surface area contributed by atoms with Crippen molar-refractivity contribution in [1.29, 1.82) is 0 Å². The van der Waals surface area contributed by atoms with Crippen LogP contribution in [0, 0.1) is 13.8 Å². The molecule has 0 saturated heterocycles. The highest BCUT2D eigenvalue weighted by molar-refractivity contribution is 7.18. The Morgan fingerprint density at radius 3 is 2.61 bits per heavy atom. The van der Waals surface area contributed by atoms with Crippen molar-refractivity contribution in [3.05, 3.63) is 16.3 Å². The lowest BCUT2D eigenvalue weighted by Gasteiger charge is -2.13. The van der Waals surface area contributed by atoms with E-state index in [0.29, 0.717) is 0 Å². The topological polar surface area (TPSA) is 41.1 Å². The van der Waals surface area contributed by atoms with Gasteiger partial charge in [-0.1, -0.05) is 6.92 Å². The third kappa shape index (κ3) is 2.33. The van der Waals surface area contributed by atoms with Gasteiger partial charge in [-0.3, -0.25) is 4.90 Å². The van der Waals surface area contributed by atoms with Crippen molar-refractivity contribution in [2.45, 2.75) is 27.3 Å². The van der Waals surface area contributed by atoms with Gasteiger partial charge < -0.3 is 5.32 Å². The van der Waals surface area contributed by atoms with Crippen LogP contribution in [0.2, 0.25) is 0 Å². The molecule has 98 valence electrons. The number of fused-ring (bicyclic) bond motifs is 1. The van der Waals surface area contributed by atoms with Crippen molar-refractivity contribution in [1.82, 2.24) is 14.9 Å². The highest BCUT2D eigenvalue weighted by atomic mass is 32.1. The molecule has 0 amide bonds. The zero-order valence-corrected chi connectivity index (χ0v) is 12.5. The minimum absolute atomic E-state index is 0.789. The minimum atomic E-state index is 0.789. The number of hydrogen-bond donors (Lipinski definition) is 1. The van der Waals surface area contributed by atoms with E-state index in [-0.39, 0.29) is 0 Å². The molecule has 2 aromatic heterocycles. The summed E-state index contributed by atoms with van der Waals surface area (Å²) in [6.07, 6.45) is 0. The number of hydrogen-bond acceptors (Lipinski definition) is 5. The van der Waals surface area contributed by atoms with Crippen LogP contribution in [0.15, 0.2) is 0 Å². The second-order valence-corrected chi connectivity index (χ2v) is 5.74. The molecule has 0 aromatic carbocycles. The predicted molar refractivity (Wildman–Crippen MR) is 78.4 cm³/mol. The standard InChI is InChI=1S/C13H20N4S/c1-6-17(5)7-10-15-12(14-4)11-8(2)9(3)18-13(11)16-10/h6-7H2,1-5H3,(H,14,15,16). The second kappa shape index (κ2) is 5.20. The van der Waals surface area contributed by atoms with Crippen molar-refractivity contribution >= 4 is 27.4 Å². The van der Waals surface area contributed by atoms with Gasteiger partial charge in [0.05, 0.1) is 11.9 Å². The molecule has 0 bridgehead atoms. The maximum Gasteiger partial charge on any atom is 0.146 e. The summed E-state index contributed by atoms with van der Waals surface area (Å²) in [6, 6.07) is 0. The van der Waals surface area contributed by atoms with Crippen LogP contribution in [0.5, 0.6) is 0 Å². The van der Waals surface area contributed by atoms with Gasteiger partial charge in [-0.2, -0.15) is 0 Å². The zero-order valence-electron chi connectivity index (χ0n) is 11.7. The van der Waals surface area contributed by atoms with Gasteiger partial charge in [-0.05, 0) is 33.0 Å². The Morgan fingerprint density at radius 2 is 2.00 bits per heavy atom. The van der Waals surface area contributed by atoms with Crippen molar-refractivity contribution in [2.24, 2.45) is 0 Å². The lowest BCUT2D eigenvalue weighted by molar-refractivity contribution is 0.337. The van der Waals surface area contributed by atoms with Crippen LogP contribution < -0.4 is 5.32 Å². The first kappa shape index (κ1) is 13.2. The first-order valence-electron chi connectivity index (χ1n) is 6.19. The summed E-state index contributed by atoms with van der Waals surface area (Å²) in [5.41, 5.74) is 1.29. The maximum atomic E-state index is 4.68. The highest BCUT2D eigenvalue weighted by Crippen LogP contribution is 2.33.